The molecule has 4 aromatic carbocycles. The van der Waals surface area contributed by atoms with Crippen LogP contribution in [0.5, 0.6) is 0 Å². The van der Waals surface area contributed by atoms with Gasteiger partial charge in [0, 0.05) is 0 Å². The Hall–Kier alpha value is -2.78. The lowest BCUT2D eigenvalue weighted by Gasteiger charge is -2.52. The van der Waals surface area contributed by atoms with Crippen molar-refractivity contribution in [2.75, 3.05) is 39.6 Å². The van der Waals surface area contributed by atoms with E-state index in [0.717, 1.165) is 55.6 Å². The minimum absolute atomic E-state index is 0.108. The standard InChI is InChI=1S/C35H56O4.C33H52O4.H4O5P2/c1-22-15-24(30(3,4)5)28(25(16-22)31(6,7)8)35(39,34(19-36,20-37)21-38)29-26(32(9,10)11)17-23(2)18-27(29)33(12,13)14;1-28(2,3)22-13-15-24(26(17-22)30(7,8)9)33(37,32(19-34,20-35)21-36)25-16-14-23(29(4,5)6)18-27(25)31(10,11)12;1-6(2)5-7(3)4/h15-18,36-39H,19-21H2,1-14H3;13-18,34-37H,19-21H2,1-12H3;1-4H. The summed E-state index contributed by atoms with van der Waals surface area (Å²) in [6, 6.07) is 20.7. The number of hydrogen-bond acceptors (Lipinski definition) is 13. The van der Waals surface area contributed by atoms with Gasteiger partial charge in [0.15, 0.2) is 0 Å². The van der Waals surface area contributed by atoms with Gasteiger partial charge < -0.3 is 60.4 Å². The lowest BCUT2D eigenvalue weighted by atomic mass is 9.56. The van der Waals surface area contributed by atoms with Crippen molar-refractivity contribution in [1.29, 1.82) is 0 Å². The summed E-state index contributed by atoms with van der Waals surface area (Å²) in [5.74, 6) is 0. The van der Waals surface area contributed by atoms with Crippen LogP contribution in [0.15, 0.2) is 60.7 Å². The first-order valence-corrected chi connectivity index (χ1v) is 31.2. The Labute approximate surface area is 503 Å². The van der Waals surface area contributed by atoms with E-state index in [1.165, 1.54) is 0 Å². The molecule has 13 nitrogen and oxygen atoms in total. The van der Waals surface area contributed by atoms with Gasteiger partial charge in [-0.3, -0.25) is 0 Å². The van der Waals surface area contributed by atoms with Gasteiger partial charge in [-0.2, -0.15) is 0 Å². The molecule has 0 saturated heterocycles. The molecule has 0 aliphatic heterocycles. The maximum Gasteiger partial charge on any atom is 0.334 e. The largest absolute Gasteiger partial charge is 0.395 e. The molecule has 0 fully saturated rings. The van der Waals surface area contributed by atoms with Gasteiger partial charge in [0.25, 0.3) is 0 Å². The summed E-state index contributed by atoms with van der Waals surface area (Å²) in [6.07, 6.45) is 0. The van der Waals surface area contributed by atoms with Crippen molar-refractivity contribution in [1.82, 2.24) is 0 Å². The predicted molar refractivity (Wildman–Crippen MR) is 342 cm³/mol. The summed E-state index contributed by atoms with van der Waals surface area (Å²) < 4.78 is 3.60. The van der Waals surface area contributed by atoms with E-state index in [0.29, 0.717) is 22.3 Å². The zero-order chi connectivity index (χ0) is 65.3. The van der Waals surface area contributed by atoms with Crippen LogP contribution in [0, 0.1) is 24.7 Å². The Morgan fingerprint density at radius 2 is 0.518 bits per heavy atom. The molecule has 0 aromatic heterocycles. The quantitative estimate of drug-likeness (QED) is 0.0526. The summed E-state index contributed by atoms with van der Waals surface area (Å²) in [6.45, 7) is 51.6. The zero-order valence-corrected chi connectivity index (χ0v) is 57.5. The van der Waals surface area contributed by atoms with E-state index in [-0.39, 0.29) is 43.3 Å². The molecule has 0 aliphatic carbocycles. The van der Waals surface area contributed by atoms with Gasteiger partial charge in [0.1, 0.15) is 11.2 Å². The summed E-state index contributed by atoms with van der Waals surface area (Å²) in [7, 11) is -5.22. The fourth-order valence-electron chi connectivity index (χ4n) is 11.0. The highest BCUT2D eigenvalue weighted by atomic mass is 31.2. The van der Waals surface area contributed by atoms with E-state index in [4.69, 9.17) is 19.6 Å². The lowest BCUT2D eigenvalue weighted by molar-refractivity contribution is -0.138. The van der Waals surface area contributed by atoms with Gasteiger partial charge in [0.05, 0.1) is 50.5 Å². The smallest absolute Gasteiger partial charge is 0.334 e. The molecule has 12 N–H and O–H groups in total. The highest BCUT2D eigenvalue weighted by molar-refractivity contribution is 7.53. The number of aryl methyl sites for hydroxylation is 2. The minimum atomic E-state index is -2.61. The van der Waals surface area contributed by atoms with Crippen LogP contribution >= 0.6 is 17.2 Å². The van der Waals surface area contributed by atoms with E-state index in [1.807, 2.05) is 24.3 Å². The molecule has 0 aliphatic rings. The Morgan fingerprint density at radius 3 is 0.687 bits per heavy atom. The molecule has 0 amide bonds. The molecule has 472 valence electrons. The molecule has 0 radical (unpaired) electrons. The molecular formula is C68H112O13P2. The highest BCUT2D eigenvalue weighted by Gasteiger charge is 2.59. The summed E-state index contributed by atoms with van der Waals surface area (Å²) in [5.41, 5.74) is 3.01. The monoisotopic (exact) mass is 1200 g/mol. The summed E-state index contributed by atoms with van der Waals surface area (Å²) in [5, 5.41) is 92.0. The van der Waals surface area contributed by atoms with Gasteiger partial charge in [-0.25, -0.2) is 4.31 Å². The Balaban J connectivity index is 0.000000508. The molecule has 15 heteroatoms. The van der Waals surface area contributed by atoms with E-state index in [1.54, 1.807) is 0 Å². The van der Waals surface area contributed by atoms with Gasteiger partial charge >= 0.3 is 17.2 Å². The van der Waals surface area contributed by atoms with Crippen molar-refractivity contribution in [3.8, 4) is 0 Å². The number of benzene rings is 4. The SMILES string of the molecule is CC(C)(C)c1ccc(C(O)(c2ccc(C(C)(C)C)cc2C(C)(C)C)C(CO)(CO)CO)c(C(C)(C)C)c1.Cc1cc(C(C)(C)C)c(C(O)(c2c(C(C)(C)C)cc(C)cc2C(C)(C)C)C(CO)(CO)CO)c(C(C)(C)C)c1.OP(O)OP(O)O. The average Bonchev–Trinajstić information content (AvgIpc) is 3.32. The normalized spacial score (nSPS) is 14.0. The van der Waals surface area contributed by atoms with Crippen LogP contribution in [0.2, 0.25) is 0 Å². The van der Waals surface area contributed by atoms with E-state index in [9.17, 15) is 40.9 Å². The fourth-order valence-corrected chi connectivity index (χ4v) is 11.6. The maximum atomic E-state index is 13.7. The molecule has 0 atom stereocenters. The molecule has 0 unspecified atom stereocenters. The second kappa shape index (κ2) is 26.9. The van der Waals surface area contributed by atoms with Crippen LogP contribution in [0.4, 0.5) is 0 Å². The lowest BCUT2D eigenvalue weighted by Crippen LogP contribution is -2.57. The molecule has 83 heavy (non-hydrogen) atoms. The summed E-state index contributed by atoms with van der Waals surface area (Å²) >= 11 is 0. The molecule has 4 rings (SSSR count). The van der Waals surface area contributed by atoms with Gasteiger partial charge in [-0.1, -0.05) is 238 Å². The Bertz CT molecular complexity index is 2520. The van der Waals surface area contributed by atoms with Gasteiger partial charge in [0.2, 0.25) is 0 Å². The van der Waals surface area contributed by atoms with Gasteiger partial charge in [-0.05, 0) is 124 Å². The third kappa shape index (κ3) is 16.9. The second-order valence-corrected chi connectivity index (χ2v) is 33.2. The topological polar surface area (TPSA) is 252 Å². The first-order chi connectivity index (χ1) is 37.1. The molecular weight excluding hydrogens is 1090 g/mol. The van der Waals surface area contributed by atoms with Crippen LogP contribution in [0.25, 0.3) is 0 Å². The van der Waals surface area contributed by atoms with E-state index in [2.05, 4.69) is 221 Å². The van der Waals surface area contributed by atoms with Crippen molar-refractivity contribution in [3.05, 3.63) is 139 Å². The first kappa shape index (κ1) is 76.3. The zero-order valence-electron chi connectivity index (χ0n) is 55.7. The van der Waals surface area contributed by atoms with Crippen LogP contribution in [0.1, 0.15) is 244 Å². The third-order valence-corrected chi connectivity index (χ3v) is 17.4. The van der Waals surface area contributed by atoms with Crippen LogP contribution in [0.3, 0.4) is 0 Å². The number of rotatable bonds is 14. The number of aliphatic hydroxyl groups is 8. The molecule has 4 aromatic rings. The van der Waals surface area contributed by atoms with Crippen molar-refractivity contribution < 1.29 is 64.7 Å². The number of aliphatic hydroxyl groups excluding tert-OH is 6. The van der Waals surface area contributed by atoms with E-state index < -0.39 is 78.9 Å². The Morgan fingerprint density at radius 1 is 0.301 bits per heavy atom. The van der Waals surface area contributed by atoms with Crippen molar-refractivity contribution >= 4 is 17.2 Å². The van der Waals surface area contributed by atoms with E-state index >= 15 is 0 Å². The molecule has 0 bridgehead atoms. The first-order valence-electron chi connectivity index (χ1n) is 28.9. The Kier molecular flexibility index (Phi) is 24.7. The summed E-state index contributed by atoms with van der Waals surface area (Å²) in [4.78, 5) is 31.3. The second-order valence-electron chi connectivity index (χ2n) is 31.5. The molecule has 0 spiro atoms. The van der Waals surface area contributed by atoms with Crippen LogP contribution in [-0.4, -0.2) is 100 Å². The van der Waals surface area contributed by atoms with Crippen LogP contribution < -0.4 is 0 Å². The third-order valence-electron chi connectivity index (χ3n) is 16.2. The van der Waals surface area contributed by atoms with Gasteiger partial charge in [-0.15, -0.1) is 0 Å². The molecule has 0 heterocycles. The average molecular weight is 1200 g/mol. The number of hydrogen-bond donors (Lipinski definition) is 12. The van der Waals surface area contributed by atoms with Crippen molar-refractivity contribution in [2.45, 2.75) is 235 Å². The fraction of sp³-hybridized carbons (Fsp3) is 0.647. The van der Waals surface area contributed by atoms with Crippen LogP contribution in [-0.2, 0) is 58.8 Å². The maximum absolute atomic E-state index is 13.7. The highest BCUT2D eigenvalue weighted by Crippen LogP contribution is 2.57. The predicted octanol–water partition coefficient (Wildman–Crippen LogP) is 12.2. The minimum Gasteiger partial charge on any atom is -0.395 e. The van der Waals surface area contributed by atoms with Crippen molar-refractivity contribution in [2.24, 2.45) is 10.8 Å². The van der Waals surface area contributed by atoms with Crippen molar-refractivity contribution in [3.63, 3.8) is 0 Å². The molecule has 0 saturated carbocycles.